The van der Waals surface area contributed by atoms with E-state index >= 15 is 0 Å². The van der Waals surface area contributed by atoms with Crippen LogP contribution in [0.5, 0.6) is 0 Å². The van der Waals surface area contributed by atoms with Crippen LogP contribution >= 0.6 is 0 Å². The van der Waals surface area contributed by atoms with Gasteiger partial charge in [-0.3, -0.25) is 4.99 Å². The van der Waals surface area contributed by atoms with Gasteiger partial charge in [0, 0.05) is 18.6 Å². The summed E-state index contributed by atoms with van der Waals surface area (Å²) in [6.07, 6.45) is 2.64. The van der Waals surface area contributed by atoms with Crippen LogP contribution in [0.1, 0.15) is 33.6 Å². The van der Waals surface area contributed by atoms with Gasteiger partial charge >= 0.3 is 0 Å². The summed E-state index contributed by atoms with van der Waals surface area (Å²) in [4.78, 5) is 6.93. The van der Waals surface area contributed by atoms with Crippen LogP contribution in [0.3, 0.4) is 0 Å². The number of aliphatic imine (C=N–C) groups is 1. The molecule has 2 aliphatic rings. The molecule has 4 heteroatoms. The summed E-state index contributed by atoms with van der Waals surface area (Å²) in [5, 5.41) is 6.82. The van der Waals surface area contributed by atoms with Crippen molar-refractivity contribution in [1.29, 1.82) is 0 Å². The molecule has 0 aliphatic carbocycles. The number of piperidine rings is 1. The molecule has 1 fully saturated rings. The Hall–Kier alpha value is -0.770. The fraction of sp³-hybridized carbons (Fsp3) is 0.923. The lowest BCUT2D eigenvalue weighted by Crippen LogP contribution is -2.54. The Morgan fingerprint density at radius 3 is 2.88 bits per heavy atom. The highest BCUT2D eigenvalue weighted by Gasteiger charge is 2.35. The van der Waals surface area contributed by atoms with Crippen molar-refractivity contribution in [1.82, 2.24) is 15.5 Å². The molecule has 0 saturated carbocycles. The van der Waals surface area contributed by atoms with E-state index in [0.717, 1.165) is 19.0 Å². The van der Waals surface area contributed by atoms with E-state index in [0.29, 0.717) is 17.5 Å². The van der Waals surface area contributed by atoms with Crippen molar-refractivity contribution >= 4 is 5.96 Å². The van der Waals surface area contributed by atoms with Gasteiger partial charge in [0.25, 0.3) is 0 Å². The first kappa shape index (κ1) is 12.7. The number of guanidine groups is 1. The van der Waals surface area contributed by atoms with E-state index in [1.165, 1.54) is 19.4 Å². The summed E-state index contributed by atoms with van der Waals surface area (Å²) >= 11 is 0. The smallest absolute Gasteiger partial charge is 0.191 e. The highest BCUT2D eigenvalue weighted by atomic mass is 15.3. The molecule has 2 N–H and O–H groups in total. The molecule has 0 bridgehead atoms. The molecule has 4 nitrogen and oxygen atoms in total. The predicted octanol–water partition coefficient (Wildman–Crippen LogP) is 1.04. The Morgan fingerprint density at radius 1 is 1.53 bits per heavy atom. The SMILES string of the molecule is CC1CN=C(NCC2N(C)CCCC2(C)C)N1. The lowest BCUT2D eigenvalue weighted by Gasteiger charge is -2.45. The molecule has 0 amide bonds. The van der Waals surface area contributed by atoms with Crippen molar-refractivity contribution < 1.29 is 0 Å². The van der Waals surface area contributed by atoms with Crippen molar-refractivity contribution in [2.45, 2.75) is 45.7 Å². The summed E-state index contributed by atoms with van der Waals surface area (Å²) in [7, 11) is 2.24. The Morgan fingerprint density at radius 2 is 2.29 bits per heavy atom. The van der Waals surface area contributed by atoms with Gasteiger partial charge < -0.3 is 15.5 Å². The molecule has 2 unspecified atom stereocenters. The Bertz CT molecular complexity index is 298. The Balaban J connectivity index is 1.88. The third-order valence-corrected chi connectivity index (χ3v) is 4.14. The monoisotopic (exact) mass is 238 g/mol. The Kier molecular flexibility index (Phi) is 3.61. The normalized spacial score (nSPS) is 33.1. The lowest BCUT2D eigenvalue weighted by molar-refractivity contribution is 0.0612. The topological polar surface area (TPSA) is 39.7 Å². The standard InChI is InChI=1S/C13H26N4/c1-10-8-14-12(16-10)15-9-11-13(2,3)6-5-7-17(11)4/h10-11H,5-9H2,1-4H3,(H2,14,15,16). The van der Waals surface area contributed by atoms with Crippen molar-refractivity contribution in [2.75, 3.05) is 26.7 Å². The largest absolute Gasteiger partial charge is 0.355 e. The van der Waals surface area contributed by atoms with Crippen molar-refractivity contribution in [3.63, 3.8) is 0 Å². The molecule has 17 heavy (non-hydrogen) atoms. The second-order valence-corrected chi connectivity index (χ2v) is 6.20. The first-order chi connectivity index (χ1) is 7.99. The van der Waals surface area contributed by atoms with Crippen LogP contribution in [0.2, 0.25) is 0 Å². The molecule has 0 spiro atoms. The highest BCUT2D eigenvalue weighted by molar-refractivity contribution is 5.81. The maximum absolute atomic E-state index is 4.45. The van der Waals surface area contributed by atoms with Crippen LogP contribution in [0, 0.1) is 5.41 Å². The van der Waals surface area contributed by atoms with Gasteiger partial charge in [0.05, 0.1) is 6.54 Å². The van der Waals surface area contributed by atoms with Crippen LogP contribution in [-0.4, -0.2) is 49.6 Å². The molecular weight excluding hydrogens is 212 g/mol. The van der Waals surface area contributed by atoms with Gasteiger partial charge in [-0.2, -0.15) is 0 Å². The molecule has 0 aromatic heterocycles. The van der Waals surface area contributed by atoms with Crippen LogP contribution < -0.4 is 10.6 Å². The molecule has 0 aromatic rings. The van der Waals surface area contributed by atoms with Crippen molar-refractivity contribution in [3.05, 3.63) is 0 Å². The van der Waals surface area contributed by atoms with E-state index in [2.05, 4.69) is 48.3 Å². The number of hydrogen-bond donors (Lipinski definition) is 2. The number of likely N-dealkylation sites (tertiary alicyclic amines) is 1. The van der Waals surface area contributed by atoms with E-state index in [-0.39, 0.29) is 0 Å². The van der Waals surface area contributed by atoms with Gasteiger partial charge in [-0.15, -0.1) is 0 Å². The summed E-state index contributed by atoms with van der Waals surface area (Å²) in [6.45, 7) is 10.0. The minimum Gasteiger partial charge on any atom is -0.355 e. The zero-order chi connectivity index (χ0) is 12.5. The molecule has 2 heterocycles. The molecule has 2 atom stereocenters. The number of likely N-dealkylation sites (N-methyl/N-ethyl adjacent to an activating group) is 1. The van der Waals surface area contributed by atoms with E-state index in [1.807, 2.05) is 0 Å². The van der Waals surface area contributed by atoms with Gasteiger partial charge in [-0.25, -0.2) is 0 Å². The van der Waals surface area contributed by atoms with Gasteiger partial charge in [0.2, 0.25) is 0 Å². The van der Waals surface area contributed by atoms with Crippen LogP contribution in [0.15, 0.2) is 4.99 Å². The molecule has 0 radical (unpaired) electrons. The first-order valence-electron chi connectivity index (χ1n) is 6.74. The Labute approximate surface area is 105 Å². The summed E-state index contributed by atoms with van der Waals surface area (Å²) in [5.74, 6) is 0.979. The molecule has 2 aliphatic heterocycles. The quantitative estimate of drug-likeness (QED) is 0.755. The fourth-order valence-electron chi connectivity index (χ4n) is 2.99. The van der Waals surface area contributed by atoms with Crippen molar-refractivity contribution in [3.8, 4) is 0 Å². The second-order valence-electron chi connectivity index (χ2n) is 6.20. The van der Waals surface area contributed by atoms with Crippen LogP contribution in [-0.2, 0) is 0 Å². The highest BCUT2D eigenvalue weighted by Crippen LogP contribution is 2.33. The van der Waals surface area contributed by atoms with Gasteiger partial charge in [-0.05, 0) is 38.8 Å². The molecular formula is C13H26N4. The first-order valence-corrected chi connectivity index (χ1v) is 6.74. The zero-order valence-corrected chi connectivity index (χ0v) is 11.6. The molecule has 98 valence electrons. The number of nitrogens with one attached hydrogen (secondary N) is 2. The molecule has 2 rings (SSSR count). The number of hydrogen-bond acceptors (Lipinski definition) is 4. The minimum absolute atomic E-state index is 0.394. The summed E-state index contributed by atoms with van der Waals surface area (Å²) < 4.78 is 0. The van der Waals surface area contributed by atoms with Crippen LogP contribution in [0.25, 0.3) is 0 Å². The van der Waals surface area contributed by atoms with Gasteiger partial charge in [0.1, 0.15) is 0 Å². The molecule has 1 saturated heterocycles. The van der Waals surface area contributed by atoms with Gasteiger partial charge in [-0.1, -0.05) is 13.8 Å². The minimum atomic E-state index is 0.394. The number of nitrogens with zero attached hydrogens (tertiary/aromatic N) is 2. The lowest BCUT2D eigenvalue weighted by atomic mass is 9.76. The van der Waals surface area contributed by atoms with E-state index in [4.69, 9.17) is 0 Å². The third kappa shape index (κ3) is 2.92. The predicted molar refractivity (Wildman–Crippen MR) is 72.3 cm³/mol. The van der Waals surface area contributed by atoms with Crippen LogP contribution in [0.4, 0.5) is 0 Å². The zero-order valence-electron chi connectivity index (χ0n) is 11.6. The maximum Gasteiger partial charge on any atom is 0.191 e. The average molecular weight is 238 g/mol. The van der Waals surface area contributed by atoms with Crippen molar-refractivity contribution in [2.24, 2.45) is 10.4 Å². The average Bonchev–Trinajstić information content (AvgIpc) is 2.62. The maximum atomic E-state index is 4.45. The summed E-state index contributed by atoms with van der Waals surface area (Å²) in [5.41, 5.74) is 0.394. The molecule has 0 aromatic carbocycles. The van der Waals surface area contributed by atoms with E-state index in [9.17, 15) is 0 Å². The number of rotatable bonds is 2. The fourth-order valence-corrected chi connectivity index (χ4v) is 2.99. The third-order valence-electron chi connectivity index (χ3n) is 4.14. The summed E-state index contributed by atoms with van der Waals surface area (Å²) in [6, 6.07) is 1.08. The van der Waals surface area contributed by atoms with E-state index < -0.39 is 0 Å². The van der Waals surface area contributed by atoms with Gasteiger partial charge in [0.15, 0.2) is 5.96 Å². The second kappa shape index (κ2) is 4.84. The van der Waals surface area contributed by atoms with E-state index in [1.54, 1.807) is 0 Å².